The van der Waals surface area contributed by atoms with Gasteiger partial charge in [0.15, 0.2) is 4.90 Å². The molecule has 0 atom stereocenters. The Balaban J connectivity index is 2.12. The Bertz CT molecular complexity index is 1380. The van der Waals surface area contributed by atoms with Gasteiger partial charge in [0.1, 0.15) is 18.0 Å². The van der Waals surface area contributed by atoms with E-state index in [1.165, 1.54) is 50.6 Å². The summed E-state index contributed by atoms with van der Waals surface area (Å²) in [5.74, 6) is -0.235. The van der Waals surface area contributed by atoms with Crippen LogP contribution in [0.1, 0.15) is 5.56 Å². The van der Waals surface area contributed by atoms with E-state index in [0.717, 1.165) is 16.4 Å². The lowest BCUT2D eigenvalue weighted by Gasteiger charge is -2.26. The van der Waals surface area contributed by atoms with Crippen molar-refractivity contribution in [1.29, 1.82) is 0 Å². The Kier molecular flexibility index (Phi) is 7.82. The van der Waals surface area contributed by atoms with Crippen LogP contribution in [0.2, 0.25) is 5.02 Å². The molecule has 3 rings (SSSR count). The van der Waals surface area contributed by atoms with Gasteiger partial charge in [-0.1, -0.05) is 29.8 Å². The highest BCUT2D eigenvalue weighted by Crippen LogP contribution is 2.37. The molecule has 12 heteroatoms. The van der Waals surface area contributed by atoms with E-state index in [0.29, 0.717) is 22.0 Å². The fourth-order valence-electron chi connectivity index (χ4n) is 3.28. The average molecular weight is 520 g/mol. The highest BCUT2D eigenvalue weighted by molar-refractivity contribution is 7.93. The number of amides is 1. The van der Waals surface area contributed by atoms with Crippen molar-refractivity contribution >= 4 is 44.6 Å². The molecule has 35 heavy (non-hydrogen) atoms. The van der Waals surface area contributed by atoms with Crippen LogP contribution in [-0.4, -0.2) is 40.0 Å². The van der Waals surface area contributed by atoms with Crippen LogP contribution in [0.5, 0.6) is 11.5 Å². The molecule has 0 heterocycles. The number of nitrogens with one attached hydrogen (secondary N) is 1. The number of benzene rings is 3. The maximum atomic E-state index is 13.7. The van der Waals surface area contributed by atoms with E-state index in [1.54, 1.807) is 19.1 Å². The minimum atomic E-state index is -4.60. The van der Waals surface area contributed by atoms with Gasteiger partial charge in [-0.25, -0.2) is 8.42 Å². The summed E-state index contributed by atoms with van der Waals surface area (Å²) in [6.07, 6.45) is 0. The van der Waals surface area contributed by atoms with Gasteiger partial charge in [0.2, 0.25) is 5.91 Å². The van der Waals surface area contributed by atoms with Crippen molar-refractivity contribution < 1.29 is 27.6 Å². The number of hydrogen-bond acceptors (Lipinski definition) is 7. The number of halogens is 1. The van der Waals surface area contributed by atoms with Gasteiger partial charge >= 0.3 is 0 Å². The number of rotatable bonds is 9. The zero-order valence-corrected chi connectivity index (χ0v) is 20.6. The van der Waals surface area contributed by atoms with Crippen LogP contribution in [0.15, 0.2) is 65.6 Å². The Morgan fingerprint density at radius 1 is 1.09 bits per heavy atom. The second-order valence-corrected chi connectivity index (χ2v) is 9.55. The van der Waals surface area contributed by atoms with Crippen molar-refractivity contribution in [1.82, 2.24) is 0 Å². The third-order valence-electron chi connectivity index (χ3n) is 5.05. The van der Waals surface area contributed by atoms with Crippen molar-refractivity contribution in [3.05, 3.63) is 81.4 Å². The van der Waals surface area contributed by atoms with Crippen molar-refractivity contribution in [2.45, 2.75) is 11.8 Å². The monoisotopic (exact) mass is 519 g/mol. The number of ether oxygens (including phenoxy) is 2. The first-order valence-corrected chi connectivity index (χ1v) is 11.9. The van der Waals surface area contributed by atoms with E-state index in [9.17, 15) is 23.3 Å². The van der Waals surface area contributed by atoms with E-state index in [4.69, 9.17) is 21.1 Å². The Hall–Kier alpha value is -3.83. The van der Waals surface area contributed by atoms with Crippen LogP contribution >= 0.6 is 11.6 Å². The van der Waals surface area contributed by atoms with Crippen LogP contribution in [0, 0.1) is 17.0 Å². The normalized spacial score (nSPS) is 11.0. The number of nitrogens with zero attached hydrogens (tertiary/aromatic N) is 2. The first-order chi connectivity index (χ1) is 16.6. The van der Waals surface area contributed by atoms with Gasteiger partial charge in [-0.3, -0.25) is 19.2 Å². The van der Waals surface area contributed by atoms with Crippen LogP contribution in [0.4, 0.5) is 17.1 Å². The number of nitro benzene ring substituents is 1. The number of carbonyl (C=O) groups is 1. The first-order valence-electron chi connectivity index (χ1n) is 10.1. The minimum Gasteiger partial charge on any atom is -0.497 e. The maximum absolute atomic E-state index is 13.7. The molecule has 1 N–H and O–H groups in total. The standard InChI is InChI=1S/C23H22ClN3O7S/c1-15-8-9-16(24)12-18(15)25-23(28)14-26(19-11-10-17(33-2)13-21(19)34-3)35(31,32)22-7-5-4-6-20(22)27(29)30/h4-13H,14H2,1-3H3,(H,25,28). The van der Waals surface area contributed by atoms with Gasteiger partial charge < -0.3 is 14.8 Å². The van der Waals surface area contributed by atoms with Crippen LogP contribution < -0.4 is 19.1 Å². The van der Waals surface area contributed by atoms with E-state index in [1.807, 2.05) is 0 Å². The molecule has 0 saturated heterocycles. The summed E-state index contributed by atoms with van der Waals surface area (Å²) in [5, 5.41) is 14.6. The lowest BCUT2D eigenvalue weighted by Crippen LogP contribution is -2.38. The lowest BCUT2D eigenvalue weighted by molar-refractivity contribution is -0.387. The molecule has 0 saturated carbocycles. The van der Waals surface area contributed by atoms with Gasteiger partial charge in [-0.05, 0) is 42.8 Å². The number of methoxy groups -OCH3 is 2. The molecule has 1 amide bonds. The predicted octanol–water partition coefficient (Wildman–Crippen LogP) is 4.41. The average Bonchev–Trinajstić information content (AvgIpc) is 2.84. The molecule has 3 aromatic carbocycles. The number of nitro groups is 1. The Morgan fingerprint density at radius 3 is 2.46 bits per heavy atom. The number of anilines is 2. The summed E-state index contributed by atoms with van der Waals surface area (Å²) in [4.78, 5) is 23.2. The summed E-state index contributed by atoms with van der Waals surface area (Å²) < 4.78 is 38.7. The summed E-state index contributed by atoms with van der Waals surface area (Å²) in [6.45, 7) is 1.04. The molecule has 0 spiro atoms. The number of carbonyl (C=O) groups excluding carboxylic acids is 1. The van der Waals surface area contributed by atoms with Crippen LogP contribution in [0.3, 0.4) is 0 Å². The SMILES string of the molecule is COc1ccc(N(CC(=O)Nc2cc(Cl)ccc2C)S(=O)(=O)c2ccccc2[N+](=O)[O-])c(OC)c1. The number of aryl methyl sites for hydroxylation is 1. The third-order valence-corrected chi connectivity index (χ3v) is 7.09. The zero-order chi connectivity index (χ0) is 25.8. The number of hydrogen-bond donors (Lipinski definition) is 1. The minimum absolute atomic E-state index is 0.00980. The molecule has 0 bridgehead atoms. The second kappa shape index (κ2) is 10.6. The van der Waals surface area contributed by atoms with Gasteiger partial charge in [0, 0.05) is 22.8 Å². The molecule has 0 aliphatic rings. The Morgan fingerprint density at radius 2 is 1.80 bits per heavy atom. The molecule has 0 fully saturated rings. The number of sulfonamides is 1. The van der Waals surface area contributed by atoms with Gasteiger partial charge in [-0.15, -0.1) is 0 Å². The molecule has 0 unspecified atom stereocenters. The number of para-hydroxylation sites is 1. The fourth-order valence-corrected chi connectivity index (χ4v) is 5.05. The predicted molar refractivity (Wildman–Crippen MR) is 132 cm³/mol. The zero-order valence-electron chi connectivity index (χ0n) is 19.0. The van der Waals surface area contributed by atoms with Gasteiger partial charge in [-0.2, -0.15) is 0 Å². The molecule has 0 radical (unpaired) electrons. The van der Waals surface area contributed by atoms with Gasteiger partial charge in [0.05, 0.1) is 24.8 Å². The quantitative estimate of drug-likeness (QED) is 0.327. The summed E-state index contributed by atoms with van der Waals surface area (Å²) in [5.41, 5.74) is 0.464. The van der Waals surface area contributed by atoms with Gasteiger partial charge in [0.25, 0.3) is 15.7 Å². The van der Waals surface area contributed by atoms with E-state index < -0.39 is 38.0 Å². The van der Waals surface area contributed by atoms with E-state index >= 15 is 0 Å². The summed E-state index contributed by atoms with van der Waals surface area (Å²) in [6, 6.07) is 14.1. The molecule has 0 aliphatic carbocycles. The molecule has 184 valence electrons. The second-order valence-electron chi connectivity index (χ2n) is 7.28. The topological polar surface area (TPSA) is 128 Å². The van der Waals surface area contributed by atoms with Crippen molar-refractivity contribution in [3.63, 3.8) is 0 Å². The Labute approximate surface area is 207 Å². The van der Waals surface area contributed by atoms with E-state index in [-0.39, 0.29) is 11.4 Å². The van der Waals surface area contributed by atoms with Crippen molar-refractivity contribution in [2.75, 3.05) is 30.4 Å². The van der Waals surface area contributed by atoms with Crippen molar-refractivity contribution in [3.8, 4) is 11.5 Å². The first kappa shape index (κ1) is 25.8. The molecule has 3 aromatic rings. The summed E-state index contributed by atoms with van der Waals surface area (Å²) in [7, 11) is -1.85. The molecular weight excluding hydrogens is 498 g/mol. The highest BCUT2D eigenvalue weighted by Gasteiger charge is 2.34. The van der Waals surface area contributed by atoms with Crippen LogP contribution in [-0.2, 0) is 14.8 Å². The highest BCUT2D eigenvalue weighted by atomic mass is 35.5. The van der Waals surface area contributed by atoms with Crippen LogP contribution in [0.25, 0.3) is 0 Å². The maximum Gasteiger partial charge on any atom is 0.289 e. The molecule has 0 aromatic heterocycles. The lowest BCUT2D eigenvalue weighted by atomic mass is 10.2. The largest absolute Gasteiger partial charge is 0.497 e. The molecule has 0 aliphatic heterocycles. The van der Waals surface area contributed by atoms with E-state index in [2.05, 4.69) is 5.32 Å². The third kappa shape index (κ3) is 5.64. The van der Waals surface area contributed by atoms with Crippen molar-refractivity contribution in [2.24, 2.45) is 0 Å². The molecular formula is C23H22ClN3O7S. The fraction of sp³-hybridized carbons (Fsp3) is 0.174. The smallest absolute Gasteiger partial charge is 0.289 e. The summed E-state index contributed by atoms with van der Waals surface area (Å²) >= 11 is 6.02. The molecule has 10 nitrogen and oxygen atoms in total.